The number of hydrogen-bond donors (Lipinski definition) is 0. The zero-order chi connectivity index (χ0) is 23.3. The summed E-state index contributed by atoms with van der Waals surface area (Å²) < 4.78 is 13.8. The highest BCUT2D eigenvalue weighted by Gasteiger charge is 2.34. The summed E-state index contributed by atoms with van der Waals surface area (Å²) in [4.78, 5) is 7.64. The van der Waals surface area contributed by atoms with Crippen LogP contribution >= 0.6 is 0 Å². The van der Waals surface area contributed by atoms with Crippen LogP contribution in [0.25, 0.3) is 16.8 Å². The Morgan fingerprint density at radius 2 is 1.79 bits per heavy atom. The van der Waals surface area contributed by atoms with E-state index in [0.717, 1.165) is 61.4 Å². The highest BCUT2D eigenvalue weighted by Crippen LogP contribution is 2.39. The molecular weight excluding hydrogens is 412 g/mol. The Balaban J connectivity index is 1.73. The molecule has 0 radical (unpaired) electrons. The number of nitrogens with zero attached hydrogens (tertiary/aromatic N) is 4. The van der Waals surface area contributed by atoms with Gasteiger partial charge in [-0.3, -0.25) is 0 Å². The van der Waals surface area contributed by atoms with Crippen molar-refractivity contribution in [2.24, 2.45) is 0 Å². The molecule has 0 spiro atoms. The topological polar surface area (TPSA) is 51.9 Å². The first-order valence-electron chi connectivity index (χ1n) is 12.2. The summed E-state index contributed by atoms with van der Waals surface area (Å²) in [7, 11) is 1.80. The summed E-state index contributed by atoms with van der Waals surface area (Å²) in [5.41, 5.74) is 10.6. The standard InChI is InChI=1S/C27H36N4O2/c1-16-12-17(2)24(18(3)13-16)25-20(5)29-31-26(25)28-19(4)23-10-9-21(15-32-6)30(27(23)31)14-22-8-7-11-33-22/h12-13,21-22H,7-11,14-15H2,1-6H3. The average molecular weight is 449 g/mol. The van der Waals surface area contributed by atoms with Crippen LogP contribution in [0.3, 0.4) is 0 Å². The molecule has 2 aliphatic rings. The second kappa shape index (κ2) is 8.73. The number of hydrogen-bond acceptors (Lipinski definition) is 5. The van der Waals surface area contributed by atoms with Gasteiger partial charge in [0, 0.05) is 31.5 Å². The van der Waals surface area contributed by atoms with Gasteiger partial charge in [0.2, 0.25) is 0 Å². The maximum atomic E-state index is 6.05. The lowest BCUT2D eigenvalue weighted by Gasteiger charge is -2.40. The molecule has 1 fully saturated rings. The molecule has 6 heteroatoms. The molecule has 0 aliphatic carbocycles. The van der Waals surface area contributed by atoms with Crippen LogP contribution < -0.4 is 4.90 Å². The number of methoxy groups -OCH3 is 1. The second-order valence-electron chi connectivity index (χ2n) is 9.90. The van der Waals surface area contributed by atoms with Crippen molar-refractivity contribution in [3.8, 4) is 11.1 Å². The van der Waals surface area contributed by atoms with Crippen molar-refractivity contribution in [3.05, 3.63) is 45.8 Å². The lowest BCUT2D eigenvalue weighted by Crippen LogP contribution is -2.47. The minimum absolute atomic E-state index is 0.261. The molecule has 1 saturated heterocycles. The van der Waals surface area contributed by atoms with Crippen LogP contribution in [0.5, 0.6) is 0 Å². The van der Waals surface area contributed by atoms with E-state index in [1.165, 1.54) is 33.6 Å². The van der Waals surface area contributed by atoms with Gasteiger partial charge < -0.3 is 14.4 Å². The number of aromatic nitrogens is 3. The normalized spacial score (nSPS) is 20.6. The number of anilines is 1. The second-order valence-corrected chi connectivity index (χ2v) is 9.90. The summed E-state index contributed by atoms with van der Waals surface area (Å²) in [6.07, 6.45) is 4.57. The molecule has 0 amide bonds. The Kier molecular flexibility index (Phi) is 5.91. The Morgan fingerprint density at radius 1 is 1.03 bits per heavy atom. The Morgan fingerprint density at radius 3 is 2.45 bits per heavy atom. The van der Waals surface area contributed by atoms with Crippen molar-refractivity contribution < 1.29 is 9.47 Å². The van der Waals surface area contributed by atoms with Crippen LogP contribution in [-0.4, -0.2) is 53.6 Å². The maximum Gasteiger partial charge on any atom is 0.165 e. The van der Waals surface area contributed by atoms with E-state index in [4.69, 9.17) is 19.6 Å². The molecule has 33 heavy (non-hydrogen) atoms. The quantitative estimate of drug-likeness (QED) is 0.557. The first kappa shape index (κ1) is 22.4. The third-order valence-electron chi connectivity index (χ3n) is 7.37. The maximum absolute atomic E-state index is 6.05. The van der Waals surface area contributed by atoms with Crippen molar-refractivity contribution in [1.82, 2.24) is 14.6 Å². The van der Waals surface area contributed by atoms with Crippen LogP contribution in [0.4, 0.5) is 5.82 Å². The van der Waals surface area contributed by atoms with Gasteiger partial charge in [-0.05, 0) is 77.0 Å². The van der Waals surface area contributed by atoms with Gasteiger partial charge in [-0.1, -0.05) is 17.7 Å². The summed E-state index contributed by atoms with van der Waals surface area (Å²) >= 11 is 0. The average Bonchev–Trinajstić information content (AvgIpc) is 3.37. The lowest BCUT2D eigenvalue weighted by atomic mass is 9.93. The van der Waals surface area contributed by atoms with E-state index in [1.54, 1.807) is 7.11 Å². The van der Waals surface area contributed by atoms with E-state index in [-0.39, 0.29) is 6.10 Å². The summed E-state index contributed by atoms with van der Waals surface area (Å²) in [6, 6.07) is 4.83. The van der Waals surface area contributed by atoms with Gasteiger partial charge in [0.25, 0.3) is 0 Å². The first-order valence-corrected chi connectivity index (χ1v) is 12.2. The van der Waals surface area contributed by atoms with Crippen LogP contribution in [-0.2, 0) is 15.9 Å². The molecule has 0 bridgehead atoms. The molecule has 176 valence electrons. The summed E-state index contributed by atoms with van der Waals surface area (Å²) in [5.74, 6) is 1.18. The smallest absolute Gasteiger partial charge is 0.165 e. The molecule has 2 aromatic heterocycles. The minimum atomic E-state index is 0.261. The van der Waals surface area contributed by atoms with E-state index < -0.39 is 0 Å². The molecule has 4 heterocycles. The van der Waals surface area contributed by atoms with Crippen molar-refractivity contribution in [3.63, 3.8) is 0 Å². The fourth-order valence-electron chi connectivity index (χ4n) is 5.99. The molecule has 3 aromatic rings. The Labute approximate surface area is 196 Å². The number of ether oxygens (including phenoxy) is 2. The van der Waals surface area contributed by atoms with Gasteiger partial charge in [-0.25, -0.2) is 4.98 Å². The van der Waals surface area contributed by atoms with Crippen LogP contribution in [0.1, 0.15) is 52.9 Å². The third-order valence-corrected chi connectivity index (χ3v) is 7.37. The summed E-state index contributed by atoms with van der Waals surface area (Å²) in [6.45, 7) is 13.3. The third kappa shape index (κ3) is 3.83. The number of rotatable bonds is 5. The van der Waals surface area contributed by atoms with Crippen LogP contribution in [0, 0.1) is 34.6 Å². The predicted molar refractivity (Wildman–Crippen MR) is 132 cm³/mol. The van der Waals surface area contributed by atoms with Gasteiger partial charge in [-0.15, -0.1) is 0 Å². The predicted octanol–water partition coefficient (Wildman–Crippen LogP) is 4.89. The Hall–Kier alpha value is -2.44. The van der Waals surface area contributed by atoms with E-state index in [0.29, 0.717) is 12.6 Å². The van der Waals surface area contributed by atoms with E-state index in [9.17, 15) is 0 Å². The van der Waals surface area contributed by atoms with Gasteiger partial charge >= 0.3 is 0 Å². The van der Waals surface area contributed by atoms with Crippen LogP contribution in [0.15, 0.2) is 12.1 Å². The van der Waals surface area contributed by atoms with Gasteiger partial charge in [0.05, 0.1) is 30.0 Å². The zero-order valence-electron chi connectivity index (χ0n) is 20.9. The number of benzene rings is 1. The van der Waals surface area contributed by atoms with E-state index >= 15 is 0 Å². The van der Waals surface area contributed by atoms with E-state index in [2.05, 4.69) is 56.2 Å². The molecule has 0 N–H and O–H groups in total. The molecule has 0 saturated carbocycles. The first-order chi connectivity index (χ1) is 15.9. The van der Waals surface area contributed by atoms with E-state index in [1.807, 2.05) is 0 Å². The van der Waals surface area contributed by atoms with Crippen molar-refractivity contribution >= 4 is 11.5 Å². The fourth-order valence-corrected chi connectivity index (χ4v) is 5.99. The molecule has 2 aliphatic heterocycles. The highest BCUT2D eigenvalue weighted by molar-refractivity contribution is 5.85. The van der Waals surface area contributed by atoms with Crippen molar-refractivity contribution in [1.29, 1.82) is 0 Å². The molecule has 1 aromatic carbocycles. The zero-order valence-corrected chi connectivity index (χ0v) is 20.9. The van der Waals surface area contributed by atoms with Gasteiger partial charge in [-0.2, -0.15) is 9.61 Å². The molecular formula is C27H36N4O2. The molecule has 6 nitrogen and oxygen atoms in total. The molecule has 2 atom stereocenters. The van der Waals surface area contributed by atoms with Crippen molar-refractivity contribution in [2.45, 2.75) is 72.4 Å². The Bertz CT molecular complexity index is 1170. The number of aryl methyl sites for hydroxylation is 5. The molecule has 5 rings (SSSR count). The molecule has 2 unspecified atom stereocenters. The largest absolute Gasteiger partial charge is 0.383 e. The number of fused-ring (bicyclic) bond motifs is 3. The van der Waals surface area contributed by atoms with Gasteiger partial charge in [0.1, 0.15) is 5.82 Å². The lowest BCUT2D eigenvalue weighted by molar-refractivity contribution is 0.107. The fraction of sp³-hybridized carbons (Fsp3) is 0.556. The SMILES string of the molecule is COCC1CCc2c(C)nc3c(-c4c(C)cc(C)cc4C)c(C)nn3c2N1CC1CCCO1. The van der Waals surface area contributed by atoms with Crippen molar-refractivity contribution in [2.75, 3.05) is 31.8 Å². The summed E-state index contributed by atoms with van der Waals surface area (Å²) in [5, 5.41) is 5.10. The highest BCUT2D eigenvalue weighted by atomic mass is 16.5. The van der Waals surface area contributed by atoms with Crippen LogP contribution in [0.2, 0.25) is 0 Å². The minimum Gasteiger partial charge on any atom is -0.383 e. The monoisotopic (exact) mass is 448 g/mol. The van der Waals surface area contributed by atoms with Gasteiger partial charge in [0.15, 0.2) is 5.65 Å².